The second-order valence-electron chi connectivity index (χ2n) is 15.3. The molecule has 0 N–H and O–H groups in total. The van der Waals surface area contributed by atoms with Crippen LogP contribution in [0, 0.1) is 20.8 Å². The van der Waals surface area contributed by atoms with E-state index in [-0.39, 0.29) is 0 Å². The van der Waals surface area contributed by atoms with Gasteiger partial charge in [-0.05, 0) is 66.5 Å². The van der Waals surface area contributed by atoms with Crippen LogP contribution in [0.15, 0.2) is 128 Å². The number of hydrogen-bond donors (Lipinski definition) is 0. The summed E-state index contributed by atoms with van der Waals surface area (Å²) < 4.78 is 4.36. The Morgan fingerprint density at radius 1 is 0.481 bits per heavy atom. The zero-order valence-corrected chi connectivity index (χ0v) is 32.7. The minimum Gasteiger partial charge on any atom is -0.240 e. The van der Waals surface area contributed by atoms with E-state index in [9.17, 15) is 0 Å². The average molecular weight is 687 g/mol. The molecule has 2 nitrogen and oxygen atoms in total. The van der Waals surface area contributed by atoms with Crippen molar-refractivity contribution in [2.24, 2.45) is 7.05 Å². The first-order valence-corrected chi connectivity index (χ1v) is 20.0. The first kappa shape index (κ1) is 37.1. The van der Waals surface area contributed by atoms with Gasteiger partial charge in [0, 0.05) is 0 Å². The number of benzene rings is 6. The minimum absolute atomic E-state index is 1.11. The van der Waals surface area contributed by atoms with Gasteiger partial charge in [0.05, 0.1) is 19.7 Å². The van der Waals surface area contributed by atoms with Crippen molar-refractivity contribution < 1.29 is 4.57 Å². The molecule has 0 aliphatic heterocycles. The maximum absolute atomic E-state index is 2.45. The lowest BCUT2D eigenvalue weighted by Gasteiger charge is -2.46. The summed E-state index contributed by atoms with van der Waals surface area (Å²) in [7, 11) is 2.07. The smallest absolute Gasteiger partial charge is 0.240 e. The van der Waals surface area contributed by atoms with E-state index >= 15 is 0 Å². The molecule has 3 heteroatoms. The Bertz CT molecular complexity index is 2040. The normalized spacial score (nSPS) is 11.7. The molecule has 0 spiro atoms. The van der Waals surface area contributed by atoms with Crippen molar-refractivity contribution in [2.75, 3.05) is 0 Å². The fraction of sp³-hybridized carbons (Fsp3) is 0.327. The summed E-state index contributed by atoms with van der Waals surface area (Å²) in [4.78, 5) is 0. The molecule has 7 rings (SSSR count). The maximum Gasteiger partial charge on any atom is 0.243 e. The Kier molecular flexibility index (Phi) is 12.3. The summed E-state index contributed by atoms with van der Waals surface area (Å²) in [5.74, 6) is 0. The van der Waals surface area contributed by atoms with Crippen molar-refractivity contribution in [3.8, 4) is 0 Å². The molecule has 0 saturated heterocycles. The largest absolute Gasteiger partial charge is 0.243 e. The molecule has 1 heterocycles. The van der Waals surface area contributed by atoms with Crippen LogP contribution in [0.1, 0.15) is 81.9 Å². The van der Waals surface area contributed by atoms with Crippen LogP contribution in [-0.2, 0) is 13.6 Å². The van der Waals surface area contributed by atoms with Crippen molar-refractivity contribution in [3.05, 3.63) is 145 Å². The van der Waals surface area contributed by atoms with Gasteiger partial charge in [0.2, 0.25) is 6.33 Å². The van der Waals surface area contributed by atoms with E-state index in [0.29, 0.717) is 0 Å². The molecule has 0 saturated carbocycles. The van der Waals surface area contributed by atoms with E-state index in [1.807, 2.05) is 0 Å². The highest BCUT2D eigenvalue weighted by atomic mass is 15.1. The van der Waals surface area contributed by atoms with Gasteiger partial charge in [-0.25, -0.2) is 9.13 Å². The van der Waals surface area contributed by atoms with Crippen LogP contribution >= 0.6 is 0 Å². The summed E-state index contributed by atoms with van der Waals surface area (Å²) >= 11 is 0. The van der Waals surface area contributed by atoms with E-state index in [0.717, 1.165) is 6.32 Å². The molecule has 0 bridgehead atoms. The number of nitrogens with zero attached hydrogens (tertiary/aromatic N) is 2. The first-order chi connectivity index (χ1) is 25.4. The summed E-state index contributed by atoms with van der Waals surface area (Å²) in [6.07, 6.45) is 16.8. The van der Waals surface area contributed by atoms with Crippen LogP contribution in [-0.4, -0.2) is 10.7 Å². The van der Waals surface area contributed by atoms with E-state index < -0.39 is 6.15 Å². The molecular formula is C49H59BN2. The van der Waals surface area contributed by atoms with Crippen LogP contribution in [0.3, 0.4) is 0 Å². The fourth-order valence-electron chi connectivity index (χ4n) is 8.90. The zero-order valence-electron chi connectivity index (χ0n) is 32.7. The van der Waals surface area contributed by atoms with Gasteiger partial charge in [-0.1, -0.05) is 178 Å². The number of unbranched alkanes of at least 4 members (excludes halogenated alkanes) is 6. The van der Waals surface area contributed by atoms with Crippen LogP contribution in [0.25, 0.3) is 32.3 Å². The molecule has 7 aromatic rings. The molecule has 52 heavy (non-hydrogen) atoms. The highest BCUT2D eigenvalue weighted by Gasteiger charge is 2.33. The number of aryl methyl sites for hydroxylation is 5. The molecule has 0 atom stereocenters. The van der Waals surface area contributed by atoms with Gasteiger partial charge in [0.1, 0.15) is 12.4 Å². The van der Waals surface area contributed by atoms with Gasteiger partial charge >= 0.3 is 0 Å². The monoisotopic (exact) mass is 686 g/mol. The molecule has 6 aromatic carbocycles. The van der Waals surface area contributed by atoms with E-state index in [1.54, 1.807) is 0 Å². The highest BCUT2D eigenvalue weighted by Crippen LogP contribution is 2.30. The molecule has 0 radical (unpaired) electrons. The SMILES string of the molecule is CCCCCCCCn1cc[n+](C)c1.CCCC[B-](c1ccc(C)c2ccccc12)(c1ccc(C)c2ccccc12)c1ccc(C)c2ccccc12. The second-order valence-corrected chi connectivity index (χ2v) is 15.3. The van der Waals surface area contributed by atoms with E-state index in [2.05, 4.69) is 179 Å². The van der Waals surface area contributed by atoms with Crippen molar-refractivity contribution >= 4 is 54.9 Å². The van der Waals surface area contributed by atoms with Gasteiger partial charge in [-0.2, -0.15) is 22.7 Å². The van der Waals surface area contributed by atoms with Crippen molar-refractivity contribution in [2.45, 2.75) is 98.9 Å². The second kappa shape index (κ2) is 17.3. The Morgan fingerprint density at radius 2 is 0.885 bits per heavy atom. The number of hydrogen-bond acceptors (Lipinski definition) is 0. The van der Waals surface area contributed by atoms with Crippen molar-refractivity contribution in [1.29, 1.82) is 0 Å². The Morgan fingerprint density at radius 3 is 1.29 bits per heavy atom. The molecule has 0 amide bonds. The summed E-state index contributed by atoms with van der Waals surface area (Å²) in [5, 5.41) is 8.25. The Labute approximate surface area is 313 Å². The highest BCUT2D eigenvalue weighted by molar-refractivity contribution is 7.14. The standard InChI is InChI=1S/C37H36B.C12H23N2/c1-5-6-25-38(35-22-19-26(2)29-13-7-10-16-32(29)35,36-23-20-27(3)30-14-8-11-17-33(30)36)37-24-21-28(4)31-15-9-12-18-34(31)37;1-3-4-5-6-7-8-9-14-11-10-13(2)12-14/h7-24H,5-6,25H2,1-4H3;10-12H,3-9H2,1-2H3/q-1;+1. The predicted molar refractivity (Wildman–Crippen MR) is 229 cm³/mol. The topological polar surface area (TPSA) is 8.81 Å². The maximum atomic E-state index is 2.45. The van der Waals surface area contributed by atoms with Crippen LogP contribution in [0.4, 0.5) is 0 Å². The first-order valence-electron chi connectivity index (χ1n) is 20.0. The third kappa shape index (κ3) is 7.75. The van der Waals surface area contributed by atoms with Crippen LogP contribution in [0.2, 0.25) is 6.32 Å². The molecule has 0 aliphatic rings. The van der Waals surface area contributed by atoms with Gasteiger partial charge in [0.25, 0.3) is 0 Å². The van der Waals surface area contributed by atoms with E-state index in [4.69, 9.17) is 0 Å². The van der Waals surface area contributed by atoms with Crippen LogP contribution in [0.5, 0.6) is 0 Å². The quantitative estimate of drug-likeness (QED) is 0.0649. The lowest BCUT2D eigenvalue weighted by Crippen LogP contribution is -2.67. The third-order valence-corrected chi connectivity index (χ3v) is 11.7. The number of aromatic nitrogens is 2. The Balaban J connectivity index is 0.000000280. The molecular weight excluding hydrogens is 627 g/mol. The molecule has 268 valence electrons. The van der Waals surface area contributed by atoms with Gasteiger partial charge in [0.15, 0.2) is 0 Å². The average Bonchev–Trinajstić information content (AvgIpc) is 3.60. The van der Waals surface area contributed by atoms with Gasteiger partial charge < -0.3 is 0 Å². The van der Waals surface area contributed by atoms with Gasteiger partial charge in [-0.3, -0.25) is 0 Å². The number of rotatable bonds is 13. The molecule has 0 aliphatic carbocycles. The summed E-state index contributed by atoms with van der Waals surface area (Å²) in [6.45, 7) is 12.5. The van der Waals surface area contributed by atoms with Crippen molar-refractivity contribution in [1.82, 2.24) is 4.57 Å². The van der Waals surface area contributed by atoms with Gasteiger partial charge in [-0.15, -0.1) is 0 Å². The van der Waals surface area contributed by atoms with Crippen molar-refractivity contribution in [3.63, 3.8) is 0 Å². The summed E-state index contributed by atoms with van der Waals surface area (Å²) in [6, 6.07) is 41.6. The lowest BCUT2D eigenvalue weighted by atomic mass is 9.13. The lowest BCUT2D eigenvalue weighted by molar-refractivity contribution is -0.671. The van der Waals surface area contributed by atoms with E-state index in [1.165, 1.54) is 123 Å². The predicted octanol–water partition coefficient (Wildman–Crippen LogP) is 11.0. The Hall–Kier alpha value is -4.63. The minimum atomic E-state index is -1.29. The molecule has 1 aromatic heterocycles. The number of imidazole rings is 1. The summed E-state index contributed by atoms with van der Waals surface area (Å²) in [5.41, 5.74) is 8.44. The zero-order chi connectivity index (χ0) is 36.5. The number of fused-ring (bicyclic) bond motifs is 3. The fourth-order valence-corrected chi connectivity index (χ4v) is 8.90. The molecule has 0 unspecified atom stereocenters. The third-order valence-electron chi connectivity index (χ3n) is 11.7. The molecule has 0 fully saturated rings. The van der Waals surface area contributed by atoms with Crippen LogP contribution < -0.4 is 21.0 Å².